The molecule has 2 fully saturated rings. The van der Waals surface area contributed by atoms with Crippen LogP contribution in [0.3, 0.4) is 0 Å². The summed E-state index contributed by atoms with van der Waals surface area (Å²) < 4.78 is 11.6. The Bertz CT molecular complexity index is 584. The topological polar surface area (TPSA) is 52.6 Å². The molecule has 4 heteroatoms. The van der Waals surface area contributed by atoms with Crippen molar-refractivity contribution in [3.05, 3.63) is 0 Å². The minimum Gasteiger partial charge on any atom is -0.465 e. The van der Waals surface area contributed by atoms with E-state index in [4.69, 9.17) is 9.47 Å². The highest BCUT2D eigenvalue weighted by Crippen LogP contribution is 2.41. The van der Waals surface area contributed by atoms with Crippen LogP contribution in [0.4, 0.5) is 0 Å². The van der Waals surface area contributed by atoms with Crippen molar-refractivity contribution in [2.75, 3.05) is 13.2 Å². The van der Waals surface area contributed by atoms with Gasteiger partial charge in [-0.3, -0.25) is 9.59 Å². The van der Waals surface area contributed by atoms with Gasteiger partial charge in [-0.1, -0.05) is 68.2 Å². The van der Waals surface area contributed by atoms with Crippen LogP contribution in [0.5, 0.6) is 0 Å². The first-order chi connectivity index (χ1) is 16.3. The fraction of sp³-hybridized carbons (Fsp3) is 0.935. The molecule has 2 unspecified atom stereocenters. The van der Waals surface area contributed by atoms with Gasteiger partial charge < -0.3 is 9.47 Å². The predicted octanol–water partition coefficient (Wildman–Crippen LogP) is 8.22. The minimum atomic E-state index is 0.00106. The van der Waals surface area contributed by atoms with Gasteiger partial charge in [0.2, 0.25) is 0 Å². The normalized spacial score (nSPS) is 27.7. The van der Waals surface area contributed by atoms with E-state index in [0.717, 1.165) is 70.6 Å². The molecule has 4 nitrogen and oxygen atoms in total. The Hall–Kier alpha value is -1.06. The summed E-state index contributed by atoms with van der Waals surface area (Å²) in [6.45, 7) is 19.2. The van der Waals surface area contributed by atoms with Crippen molar-refractivity contribution in [1.29, 1.82) is 0 Å². The van der Waals surface area contributed by atoms with E-state index < -0.39 is 0 Å². The molecule has 2 aliphatic carbocycles. The van der Waals surface area contributed by atoms with E-state index in [1.807, 2.05) is 0 Å². The number of hydrogen-bond donors (Lipinski definition) is 0. The third-order valence-electron chi connectivity index (χ3n) is 9.31. The third kappa shape index (κ3) is 9.73. The summed E-state index contributed by atoms with van der Waals surface area (Å²) in [6, 6.07) is 0. The predicted molar refractivity (Wildman–Crippen MR) is 144 cm³/mol. The van der Waals surface area contributed by atoms with E-state index in [1.54, 1.807) is 0 Å². The molecule has 0 aromatic rings. The lowest BCUT2D eigenvalue weighted by molar-refractivity contribution is -0.152. The van der Waals surface area contributed by atoms with Gasteiger partial charge in [0.1, 0.15) is 0 Å². The molecular weight excluding hydrogens is 436 g/mol. The molecule has 0 bridgehead atoms. The van der Waals surface area contributed by atoms with Crippen molar-refractivity contribution >= 4 is 11.9 Å². The second kappa shape index (κ2) is 13.5. The summed E-state index contributed by atoms with van der Waals surface area (Å²) in [6.07, 6.45) is 11.3. The lowest BCUT2D eigenvalue weighted by Crippen LogP contribution is -2.31. The highest BCUT2D eigenvalue weighted by atomic mass is 16.5. The van der Waals surface area contributed by atoms with Crippen LogP contribution in [0.2, 0.25) is 0 Å². The van der Waals surface area contributed by atoms with Crippen LogP contribution in [0, 0.1) is 46.3 Å². The highest BCUT2D eigenvalue weighted by molar-refractivity contribution is 5.73. The molecule has 0 aromatic carbocycles. The molecule has 0 aliphatic heterocycles. The van der Waals surface area contributed by atoms with E-state index in [1.165, 1.54) is 0 Å². The first-order valence-corrected chi connectivity index (χ1v) is 14.7. The van der Waals surface area contributed by atoms with E-state index >= 15 is 0 Å². The fourth-order valence-corrected chi connectivity index (χ4v) is 6.20. The standard InChI is InChI=1S/C31H56O4/c1-9-22(20-34-28(32)24-11-15-26(16-12-24)30(3,4)5)19-23(10-2)21-35-29(33)25-13-17-27(18-14-25)31(6,7)8/h22-27H,9-21H2,1-8H3. The van der Waals surface area contributed by atoms with Crippen molar-refractivity contribution in [1.82, 2.24) is 0 Å². The quantitative estimate of drug-likeness (QED) is 0.288. The zero-order valence-corrected chi connectivity index (χ0v) is 24.3. The SMILES string of the molecule is CCC(COC(=O)C1CCC(C(C)(C)C)CC1)CC(CC)COC(=O)C1CCC(C(C)(C)C)CC1. The van der Waals surface area contributed by atoms with E-state index in [0.29, 0.717) is 47.7 Å². The molecule has 0 heterocycles. The van der Waals surface area contributed by atoms with Gasteiger partial charge in [0, 0.05) is 0 Å². The second-order valence-electron chi connectivity index (χ2n) is 13.9. The van der Waals surface area contributed by atoms with Gasteiger partial charge in [-0.25, -0.2) is 0 Å². The maximum Gasteiger partial charge on any atom is 0.308 e. The number of rotatable bonds is 10. The Morgan fingerprint density at radius 3 is 1.20 bits per heavy atom. The Labute approximate surface area is 216 Å². The fourth-order valence-electron chi connectivity index (χ4n) is 6.20. The summed E-state index contributed by atoms with van der Waals surface area (Å²) in [5.41, 5.74) is 0.652. The van der Waals surface area contributed by atoms with Crippen molar-refractivity contribution < 1.29 is 19.1 Å². The van der Waals surface area contributed by atoms with E-state index in [2.05, 4.69) is 55.4 Å². The van der Waals surface area contributed by atoms with Crippen molar-refractivity contribution in [3.8, 4) is 0 Å². The number of carbonyl (C=O) groups excluding carboxylic acids is 2. The van der Waals surface area contributed by atoms with Crippen LogP contribution < -0.4 is 0 Å². The van der Waals surface area contributed by atoms with Gasteiger partial charge in [-0.05, 0) is 92.3 Å². The van der Waals surface area contributed by atoms with Crippen molar-refractivity contribution in [3.63, 3.8) is 0 Å². The number of esters is 2. The number of carbonyl (C=O) groups is 2. The Kier molecular flexibility index (Phi) is 11.6. The summed E-state index contributed by atoms with van der Waals surface area (Å²) in [5.74, 6) is 2.21. The molecule has 204 valence electrons. The largest absolute Gasteiger partial charge is 0.465 e. The van der Waals surface area contributed by atoms with Crippen LogP contribution >= 0.6 is 0 Å². The summed E-state index contributed by atoms with van der Waals surface area (Å²) in [7, 11) is 0. The van der Waals surface area contributed by atoms with Crippen LogP contribution in [0.1, 0.15) is 126 Å². The van der Waals surface area contributed by atoms with Crippen molar-refractivity contribution in [2.45, 2.75) is 126 Å². The first kappa shape index (κ1) is 30.2. The molecule has 0 spiro atoms. The molecule has 2 aliphatic rings. The van der Waals surface area contributed by atoms with Crippen LogP contribution in [0.25, 0.3) is 0 Å². The minimum absolute atomic E-state index is 0.00106. The van der Waals surface area contributed by atoms with Gasteiger partial charge >= 0.3 is 11.9 Å². The Morgan fingerprint density at radius 1 is 0.629 bits per heavy atom. The van der Waals surface area contributed by atoms with Gasteiger partial charge in [0.25, 0.3) is 0 Å². The van der Waals surface area contributed by atoms with Crippen molar-refractivity contribution in [2.24, 2.45) is 46.3 Å². The lowest BCUT2D eigenvalue weighted by atomic mass is 9.70. The molecule has 0 aromatic heterocycles. The molecule has 0 saturated heterocycles. The highest BCUT2D eigenvalue weighted by Gasteiger charge is 2.34. The Balaban J connectivity index is 1.71. The molecule has 0 radical (unpaired) electrons. The first-order valence-electron chi connectivity index (χ1n) is 14.7. The molecule has 2 saturated carbocycles. The van der Waals surface area contributed by atoms with E-state index in [-0.39, 0.29) is 23.8 Å². The van der Waals surface area contributed by atoms with Crippen LogP contribution in [0.15, 0.2) is 0 Å². The molecule has 2 atom stereocenters. The van der Waals surface area contributed by atoms with Gasteiger partial charge in [0.15, 0.2) is 0 Å². The number of hydrogen-bond acceptors (Lipinski definition) is 4. The molecule has 35 heavy (non-hydrogen) atoms. The molecule has 2 rings (SSSR count). The monoisotopic (exact) mass is 492 g/mol. The lowest BCUT2D eigenvalue weighted by Gasteiger charge is -2.36. The summed E-state index contributed by atoms with van der Waals surface area (Å²) >= 11 is 0. The van der Waals surface area contributed by atoms with Crippen LogP contribution in [-0.4, -0.2) is 25.2 Å². The van der Waals surface area contributed by atoms with Gasteiger partial charge in [-0.2, -0.15) is 0 Å². The smallest absolute Gasteiger partial charge is 0.308 e. The Morgan fingerprint density at radius 2 is 0.943 bits per heavy atom. The number of ether oxygens (including phenoxy) is 2. The third-order valence-corrected chi connectivity index (χ3v) is 9.31. The van der Waals surface area contributed by atoms with E-state index in [9.17, 15) is 9.59 Å². The molecule has 0 N–H and O–H groups in total. The molecular formula is C31H56O4. The average Bonchev–Trinajstić information content (AvgIpc) is 2.82. The maximum absolute atomic E-state index is 12.7. The summed E-state index contributed by atoms with van der Waals surface area (Å²) in [4.78, 5) is 25.4. The van der Waals surface area contributed by atoms with Crippen LogP contribution in [-0.2, 0) is 19.1 Å². The summed E-state index contributed by atoms with van der Waals surface area (Å²) in [5, 5.41) is 0. The molecule has 0 amide bonds. The zero-order chi connectivity index (χ0) is 26.2. The second-order valence-corrected chi connectivity index (χ2v) is 13.9. The van der Waals surface area contributed by atoms with Gasteiger partial charge in [0.05, 0.1) is 25.0 Å². The average molecular weight is 493 g/mol. The maximum atomic E-state index is 12.7. The van der Waals surface area contributed by atoms with Gasteiger partial charge in [-0.15, -0.1) is 0 Å². The zero-order valence-electron chi connectivity index (χ0n) is 24.3.